The van der Waals surface area contributed by atoms with E-state index in [-0.39, 0.29) is 0 Å². The molecular weight excluding hydrogens is 401 g/mol. The molecule has 0 aliphatic rings. The molecule has 0 N–H and O–H groups in total. The minimum Gasteiger partial charge on any atom is -0.133 e. The smallest absolute Gasteiger partial charge is 0.0574 e. The molecule has 0 saturated carbocycles. The first kappa shape index (κ1) is 19.6. The summed E-state index contributed by atoms with van der Waals surface area (Å²) in [5, 5.41) is 0. The Morgan fingerprint density at radius 1 is 0.680 bits per heavy atom. The van der Waals surface area contributed by atoms with Crippen LogP contribution in [0.15, 0.2) is 32.7 Å². The van der Waals surface area contributed by atoms with Crippen molar-refractivity contribution in [2.45, 2.75) is 60.8 Å². The maximum absolute atomic E-state index is 4.54. The Morgan fingerprint density at radius 2 is 1.12 bits per heavy atom. The molecule has 3 heterocycles. The van der Waals surface area contributed by atoms with Gasteiger partial charge in [0.2, 0.25) is 0 Å². The highest BCUT2D eigenvalue weighted by atomic mass is 32.2. The van der Waals surface area contributed by atoms with Crippen LogP contribution in [0, 0.1) is 0 Å². The fourth-order valence-electron chi connectivity index (χ4n) is 3.03. The lowest BCUT2D eigenvalue weighted by Gasteiger charge is -2.08. The lowest BCUT2D eigenvalue weighted by molar-refractivity contribution is 0.764. The molecule has 3 rings (SSSR count). The monoisotopic (exact) mass is 424 g/mol. The molecule has 5 heteroatoms. The number of unbranched alkanes of at least 4 members (excludes halogenated alkanes) is 2. The van der Waals surface area contributed by atoms with Gasteiger partial charge in [-0.15, -0.1) is 59.3 Å². The van der Waals surface area contributed by atoms with E-state index in [2.05, 4.69) is 63.4 Å². The Morgan fingerprint density at radius 3 is 1.44 bits per heavy atom. The molecule has 0 atom stereocenters. The fraction of sp³-hybridized carbons (Fsp3) is 0.400. The van der Waals surface area contributed by atoms with Crippen molar-refractivity contribution in [2.75, 3.05) is 0 Å². The molecule has 3 aromatic heterocycles. The van der Waals surface area contributed by atoms with Crippen LogP contribution in [-0.2, 0) is 12.8 Å². The molecule has 25 heavy (non-hydrogen) atoms. The third-order valence-electron chi connectivity index (χ3n) is 4.31. The van der Waals surface area contributed by atoms with Crippen LogP contribution in [0.25, 0.3) is 19.5 Å². The largest absolute Gasteiger partial charge is 0.133 e. The minimum atomic E-state index is 1.09. The number of rotatable bonds is 8. The molecular formula is C20H24S5. The maximum atomic E-state index is 4.54. The number of hydrogen-bond donors (Lipinski definition) is 2. The van der Waals surface area contributed by atoms with Crippen LogP contribution in [0.3, 0.4) is 0 Å². The first-order chi connectivity index (χ1) is 12.1. The van der Waals surface area contributed by atoms with E-state index in [0.29, 0.717) is 0 Å². The average molecular weight is 425 g/mol. The molecule has 134 valence electrons. The van der Waals surface area contributed by atoms with E-state index in [0.717, 1.165) is 8.42 Å². The molecule has 0 amide bonds. The van der Waals surface area contributed by atoms with Crippen LogP contribution in [0.5, 0.6) is 0 Å². The van der Waals surface area contributed by atoms with Crippen LogP contribution in [0.2, 0.25) is 0 Å². The van der Waals surface area contributed by atoms with Gasteiger partial charge < -0.3 is 0 Å². The summed E-state index contributed by atoms with van der Waals surface area (Å²) < 4.78 is 2.19. The molecule has 0 fully saturated rings. The van der Waals surface area contributed by atoms with Gasteiger partial charge in [-0.1, -0.05) is 26.7 Å². The van der Waals surface area contributed by atoms with Crippen molar-refractivity contribution in [3.05, 3.63) is 35.4 Å². The summed E-state index contributed by atoms with van der Waals surface area (Å²) in [4.78, 5) is 5.67. The molecule has 0 unspecified atom stereocenters. The average Bonchev–Trinajstić information content (AvgIpc) is 3.29. The van der Waals surface area contributed by atoms with Crippen molar-refractivity contribution in [1.82, 2.24) is 0 Å². The normalized spacial score (nSPS) is 11.4. The maximum Gasteiger partial charge on any atom is 0.0574 e. The van der Waals surface area contributed by atoms with E-state index in [9.17, 15) is 0 Å². The Labute approximate surface area is 174 Å². The third-order valence-corrected chi connectivity index (χ3v) is 8.56. The molecule has 0 bridgehead atoms. The standard InChI is InChI=1S/C20H24S5/c1-3-5-7-13-14(8-6-4-2)20(16-10-12-18(22)24-16)25-19(13)15-9-11-17(21)23-15/h9-12,21-22H,3-8H2,1-2H3. The van der Waals surface area contributed by atoms with Crippen LogP contribution in [0.1, 0.15) is 50.7 Å². The zero-order chi connectivity index (χ0) is 17.8. The van der Waals surface area contributed by atoms with Crippen LogP contribution >= 0.6 is 59.3 Å². The van der Waals surface area contributed by atoms with Crippen LogP contribution in [-0.4, -0.2) is 0 Å². The Kier molecular flexibility index (Phi) is 7.15. The van der Waals surface area contributed by atoms with Crippen molar-refractivity contribution >= 4 is 59.3 Å². The van der Waals surface area contributed by atoms with Gasteiger partial charge in [0, 0.05) is 19.5 Å². The van der Waals surface area contributed by atoms with Gasteiger partial charge in [-0.05, 0) is 61.1 Å². The summed E-state index contributed by atoms with van der Waals surface area (Å²) in [5.74, 6) is 0. The number of thiol groups is 2. The minimum absolute atomic E-state index is 1.09. The van der Waals surface area contributed by atoms with Gasteiger partial charge in [0.1, 0.15) is 0 Å². The lowest BCUT2D eigenvalue weighted by Crippen LogP contribution is -1.94. The summed E-state index contributed by atoms with van der Waals surface area (Å²) in [6, 6.07) is 8.71. The summed E-state index contributed by atoms with van der Waals surface area (Å²) in [5.41, 5.74) is 3.17. The lowest BCUT2D eigenvalue weighted by atomic mass is 9.97. The van der Waals surface area contributed by atoms with Gasteiger partial charge in [0.05, 0.1) is 8.42 Å². The van der Waals surface area contributed by atoms with E-state index >= 15 is 0 Å². The van der Waals surface area contributed by atoms with Crippen molar-refractivity contribution in [2.24, 2.45) is 0 Å². The Bertz CT molecular complexity index is 754. The molecule has 0 aromatic carbocycles. The molecule has 0 aliphatic heterocycles. The zero-order valence-electron chi connectivity index (χ0n) is 14.7. The first-order valence-electron chi connectivity index (χ1n) is 8.86. The fourth-order valence-corrected chi connectivity index (χ4v) is 6.94. The van der Waals surface area contributed by atoms with Crippen molar-refractivity contribution in [1.29, 1.82) is 0 Å². The van der Waals surface area contributed by atoms with Gasteiger partial charge in [0.25, 0.3) is 0 Å². The topological polar surface area (TPSA) is 0 Å². The van der Waals surface area contributed by atoms with Crippen LogP contribution in [0.4, 0.5) is 0 Å². The van der Waals surface area contributed by atoms with Gasteiger partial charge >= 0.3 is 0 Å². The summed E-state index contributed by atoms with van der Waals surface area (Å²) >= 11 is 14.6. The predicted molar refractivity (Wildman–Crippen MR) is 123 cm³/mol. The summed E-state index contributed by atoms with van der Waals surface area (Å²) in [6.45, 7) is 4.56. The molecule has 0 radical (unpaired) electrons. The zero-order valence-corrected chi connectivity index (χ0v) is 18.9. The second kappa shape index (κ2) is 9.14. The van der Waals surface area contributed by atoms with Crippen molar-refractivity contribution in [3.8, 4) is 19.5 Å². The van der Waals surface area contributed by atoms with Gasteiger partial charge in [-0.3, -0.25) is 0 Å². The van der Waals surface area contributed by atoms with E-state index in [1.807, 2.05) is 11.3 Å². The van der Waals surface area contributed by atoms with E-state index in [1.54, 1.807) is 33.8 Å². The second-order valence-corrected chi connectivity index (χ2v) is 11.0. The number of hydrogen-bond acceptors (Lipinski definition) is 5. The quantitative estimate of drug-likeness (QED) is 0.333. The SMILES string of the molecule is CCCCc1c(-c2ccc(S)s2)sc(-c2ccc(S)s2)c1CCCC. The third kappa shape index (κ3) is 4.56. The molecule has 3 aromatic rings. The highest BCUT2D eigenvalue weighted by Gasteiger charge is 2.21. The molecule has 0 saturated heterocycles. The molecule has 0 nitrogen and oxygen atoms in total. The highest BCUT2D eigenvalue weighted by molar-refractivity contribution is 7.83. The second-order valence-electron chi connectivity index (χ2n) is 6.20. The van der Waals surface area contributed by atoms with Gasteiger partial charge in [-0.2, -0.15) is 0 Å². The molecule has 0 aliphatic carbocycles. The Hall–Kier alpha value is -0.200. The Balaban J connectivity index is 2.14. The predicted octanol–water partition coefficient (Wildman–Crippen LogP) is 8.47. The van der Waals surface area contributed by atoms with E-state index in [1.165, 1.54) is 58.0 Å². The van der Waals surface area contributed by atoms with E-state index < -0.39 is 0 Å². The van der Waals surface area contributed by atoms with E-state index in [4.69, 9.17) is 0 Å². The van der Waals surface area contributed by atoms with Gasteiger partial charge in [-0.25, -0.2) is 0 Å². The van der Waals surface area contributed by atoms with Crippen molar-refractivity contribution < 1.29 is 0 Å². The van der Waals surface area contributed by atoms with Gasteiger partial charge in [0.15, 0.2) is 0 Å². The van der Waals surface area contributed by atoms with Crippen LogP contribution < -0.4 is 0 Å². The first-order valence-corrected chi connectivity index (χ1v) is 12.2. The van der Waals surface area contributed by atoms with Crippen molar-refractivity contribution in [3.63, 3.8) is 0 Å². The highest BCUT2D eigenvalue weighted by Crippen LogP contribution is 2.47. The number of thiophene rings is 3. The summed E-state index contributed by atoms with van der Waals surface area (Å²) in [7, 11) is 0. The molecule has 0 spiro atoms. The summed E-state index contributed by atoms with van der Waals surface area (Å²) in [6.07, 6.45) is 7.34.